The number of rotatable bonds is 29. The van der Waals surface area contributed by atoms with E-state index in [0.29, 0.717) is 0 Å². The van der Waals surface area contributed by atoms with Crippen LogP contribution < -0.4 is 16.0 Å². The summed E-state index contributed by atoms with van der Waals surface area (Å²) >= 11 is 0. The fourth-order valence-electron chi connectivity index (χ4n) is 13.5. The quantitative estimate of drug-likeness (QED) is 0.0244. The number of carbonyl (C=O) groups is 4. The van der Waals surface area contributed by atoms with Gasteiger partial charge in [-0.25, -0.2) is 0 Å². The van der Waals surface area contributed by atoms with Gasteiger partial charge in [0.1, 0.15) is 177 Å². The van der Waals surface area contributed by atoms with Crippen LogP contribution >= 0.6 is 0 Å². The van der Waals surface area contributed by atoms with E-state index in [-0.39, 0.29) is 6.47 Å². The first kappa shape index (κ1) is 86.0. The molecule has 0 aromatic heterocycles. The summed E-state index contributed by atoms with van der Waals surface area (Å²) < 4.78 is 93.7. The topological polar surface area (TPSA) is 697 Å². The van der Waals surface area contributed by atoms with Crippen LogP contribution in [0.5, 0.6) is 0 Å². The molecule has 8 aliphatic rings. The molecule has 45 heteroatoms. The summed E-state index contributed by atoms with van der Waals surface area (Å²) in [5.74, 6) is -6.01. The van der Waals surface area contributed by atoms with Crippen molar-refractivity contribution >= 4 is 24.2 Å². The minimum absolute atomic E-state index is 0.171. The largest absolute Gasteiger partial charge is 0.410 e. The lowest BCUT2D eigenvalue weighted by molar-refractivity contribution is -0.424. The molecule has 8 heterocycles. The zero-order valence-corrected chi connectivity index (χ0v) is 56.5. The lowest BCUT2D eigenvalue weighted by atomic mass is 9.87. The second-order valence-corrected chi connectivity index (χ2v) is 26.6. The van der Waals surface area contributed by atoms with Crippen LogP contribution in [0.1, 0.15) is 41.0 Å². The first-order valence-electron chi connectivity index (χ1n) is 33.4. The van der Waals surface area contributed by atoms with Crippen molar-refractivity contribution in [1.29, 1.82) is 0 Å². The number of nitrogens with one attached hydrogen (secondary N) is 3. The predicted octanol–water partition coefficient (Wildman–Crippen LogP) is -16.4. The number of ether oxygens (including phenoxy) is 16. The zero-order valence-electron chi connectivity index (χ0n) is 56.5. The van der Waals surface area contributed by atoms with Gasteiger partial charge in [0.25, 0.3) is 6.47 Å². The van der Waals surface area contributed by atoms with Gasteiger partial charge in [-0.15, -0.1) is 0 Å². The molecule has 0 saturated carbocycles. The Morgan fingerprint density at radius 2 is 0.817 bits per heavy atom. The summed E-state index contributed by atoms with van der Waals surface area (Å²) in [4.78, 5) is 49.7. The van der Waals surface area contributed by atoms with Crippen molar-refractivity contribution in [2.24, 2.45) is 5.92 Å². The van der Waals surface area contributed by atoms with Crippen molar-refractivity contribution < 1.29 is 207 Å². The van der Waals surface area contributed by atoms with E-state index in [4.69, 9.17) is 75.8 Å². The van der Waals surface area contributed by atoms with Gasteiger partial charge in [-0.1, -0.05) is 6.92 Å². The maximum Gasteiger partial charge on any atom is 0.332 e. The van der Waals surface area contributed by atoms with E-state index in [2.05, 4.69) is 16.0 Å². The highest BCUT2D eigenvalue weighted by Crippen LogP contribution is 2.41. The summed E-state index contributed by atoms with van der Waals surface area (Å²) in [6.45, 7) is -2.38. The van der Waals surface area contributed by atoms with Crippen molar-refractivity contribution in [3.05, 3.63) is 0 Å². The number of hydrogen-bond acceptors (Lipinski definition) is 42. The molecule has 8 saturated heterocycles. The minimum atomic E-state index is -2.62. The predicted molar refractivity (Wildman–Crippen MR) is 323 cm³/mol. The molecule has 41 atom stereocenters. The van der Waals surface area contributed by atoms with Crippen LogP contribution in [0.3, 0.4) is 0 Å². The first-order chi connectivity index (χ1) is 49.1. The first-order valence-corrected chi connectivity index (χ1v) is 33.4. The van der Waals surface area contributed by atoms with Crippen LogP contribution in [-0.4, -0.2) is 434 Å². The van der Waals surface area contributed by atoms with E-state index in [1.807, 2.05) is 0 Å². The monoisotopic (exact) mass is 1520 g/mol. The van der Waals surface area contributed by atoms with Gasteiger partial charge in [0.15, 0.2) is 37.7 Å². The van der Waals surface area contributed by atoms with Gasteiger partial charge < -0.3 is 204 Å². The highest BCUT2D eigenvalue weighted by Gasteiger charge is 2.60. The van der Waals surface area contributed by atoms with Crippen molar-refractivity contribution in [2.75, 3.05) is 52.9 Å². The molecule has 602 valence electrons. The molecule has 3 amide bonds. The summed E-state index contributed by atoms with van der Waals surface area (Å²) in [5, 5.41) is 250. The summed E-state index contributed by atoms with van der Waals surface area (Å²) in [6.07, 6.45) is -71.2. The molecule has 0 spiro atoms. The Morgan fingerprint density at radius 1 is 0.433 bits per heavy atom. The minimum Gasteiger partial charge on any atom is -0.410 e. The fourth-order valence-corrected chi connectivity index (χ4v) is 13.5. The van der Waals surface area contributed by atoms with Crippen LogP contribution in [0.25, 0.3) is 0 Å². The molecule has 0 aliphatic carbocycles. The van der Waals surface area contributed by atoms with Gasteiger partial charge in [-0.05, 0) is 6.92 Å². The van der Waals surface area contributed by atoms with Crippen molar-refractivity contribution in [3.8, 4) is 0 Å². The number of aliphatic hydroxyl groups excluding tert-OH is 22. The van der Waals surface area contributed by atoms with E-state index in [9.17, 15) is 132 Å². The third kappa shape index (κ3) is 19.0. The lowest BCUT2D eigenvalue weighted by Crippen LogP contribution is -2.70. The maximum atomic E-state index is 12.9. The van der Waals surface area contributed by atoms with Crippen LogP contribution in [0.15, 0.2) is 0 Å². The molecule has 45 nitrogen and oxygen atoms in total. The van der Waals surface area contributed by atoms with E-state index in [1.165, 1.54) is 13.8 Å². The van der Waals surface area contributed by atoms with E-state index in [1.54, 1.807) is 0 Å². The fraction of sp³-hybridized carbons (Fsp3) is 0.932. The SMILES string of the molecule is CC(=O)NC1C(O)[C@H](O[C@@H]2OC(CO[C@]3(OC=O)C[C@H](O)[C@@H](C)C([C@H](O)[C@@H](O)CO)O3)[C@H](O)[C@H](O)C2O)[C@@H](CO)O[C@@H]1OC1[C@H](OCC2O[C@@H](O[C@H]3C(CO)O[C@@H](O[C@H]4C(CO)O[C@@H](C)C(NC(C)=O)[C@H]4O)C(NC(C)=O)[C@H]3O)C(O)[C@@H](O[C@@H]3O[C@H](CO)[C@H](O)C(O)C3O)[C@H]2O)OC(CO)[C@H](O)[C@@H]1O. The van der Waals surface area contributed by atoms with Crippen molar-refractivity contribution in [2.45, 2.75) is 286 Å². The third-order valence-electron chi connectivity index (χ3n) is 19.3. The van der Waals surface area contributed by atoms with Gasteiger partial charge in [-0.3, -0.25) is 19.2 Å². The molecule has 15 unspecified atom stereocenters. The van der Waals surface area contributed by atoms with Crippen molar-refractivity contribution in [3.63, 3.8) is 0 Å². The molecule has 0 bridgehead atoms. The number of aliphatic hydroxyl groups is 22. The number of amides is 3. The number of hydrogen-bond donors (Lipinski definition) is 25. The van der Waals surface area contributed by atoms with E-state index >= 15 is 0 Å². The number of carbonyl (C=O) groups excluding carboxylic acids is 4. The molecule has 8 rings (SSSR count). The van der Waals surface area contributed by atoms with Crippen molar-refractivity contribution in [1.82, 2.24) is 16.0 Å². The smallest absolute Gasteiger partial charge is 0.332 e. The second-order valence-electron chi connectivity index (χ2n) is 26.6. The maximum absolute atomic E-state index is 12.9. The summed E-state index contributed by atoms with van der Waals surface area (Å²) in [7, 11) is 0. The Labute approximate surface area is 590 Å². The Balaban J connectivity index is 1.04. The van der Waals surface area contributed by atoms with Crippen LogP contribution in [0.2, 0.25) is 0 Å². The Hall–Kier alpha value is -3.60. The van der Waals surface area contributed by atoms with Crippen LogP contribution in [-0.2, 0) is 95.0 Å². The molecule has 8 fully saturated rings. The molecular formula is C59H99N3O42. The van der Waals surface area contributed by atoms with Gasteiger partial charge in [0.05, 0.1) is 83.6 Å². The van der Waals surface area contributed by atoms with Gasteiger partial charge >= 0.3 is 5.97 Å². The zero-order chi connectivity index (χ0) is 76.8. The van der Waals surface area contributed by atoms with Crippen LogP contribution in [0.4, 0.5) is 0 Å². The molecule has 0 aromatic carbocycles. The van der Waals surface area contributed by atoms with E-state index < -0.39 is 328 Å². The molecule has 8 aliphatic heterocycles. The lowest BCUT2D eigenvalue weighted by Gasteiger charge is -2.50. The molecule has 25 N–H and O–H groups in total. The normalized spacial score (nSPS) is 47.9. The Morgan fingerprint density at radius 3 is 1.29 bits per heavy atom. The van der Waals surface area contributed by atoms with E-state index in [0.717, 1.165) is 20.8 Å². The highest BCUT2D eigenvalue weighted by molar-refractivity contribution is 5.74. The molecule has 0 aromatic rings. The third-order valence-corrected chi connectivity index (χ3v) is 19.3. The molecule has 104 heavy (non-hydrogen) atoms. The average Bonchev–Trinajstić information content (AvgIpc) is 0.774. The van der Waals surface area contributed by atoms with Gasteiger partial charge in [-0.2, -0.15) is 0 Å². The molecule has 0 radical (unpaired) electrons. The standard InChI is InChI=1S/C59H99N3O42/c1-16-21(73)6-59(91-15-69,104-47(16)33(75)22(74)7-63)90-14-29-36(78)42(84)45(87)56(98-29)100-49-26(11-67)96-54(32(40(49)82)62-20(5)72)103-52-43(85)35(77)24(9-65)94-58(52)89-13-28-37(79)51(102-55-44(86)41(83)34(76)23(8-64)93-55)46(88)57(97-28)101-50-27(12-68)95-53(31(39(50)81)61-19(4)71)99-48-25(10-66)92-17(2)30(38(48)80)60-18(3)70/h15-17,21-58,63-68,73-88H,6-14H2,1-5H3,(H,60,70)(H,61,71)(H,62,72)/t16-,17+,21+,22+,23-,24?,25?,26-,27?,28?,29?,30?,31?,32?,33-,34+,35+,36+,37+,38-,39-,40?,41?,42+,43+,44?,45?,46?,47?,48+,49-,50+,51+,52?,53+,54-,55+,56+,57+,58-,59+/m1/s1. The highest BCUT2D eigenvalue weighted by atomic mass is 16.9. The Kier molecular flexibility index (Phi) is 30.9. The Bertz CT molecular complexity index is 2710. The summed E-state index contributed by atoms with van der Waals surface area (Å²) in [5.41, 5.74) is 0. The van der Waals surface area contributed by atoms with Crippen LogP contribution in [0, 0.1) is 5.92 Å². The van der Waals surface area contributed by atoms with Gasteiger partial charge in [0, 0.05) is 26.7 Å². The second kappa shape index (κ2) is 37.4. The molecular weight excluding hydrogens is 1420 g/mol. The average molecular weight is 1520 g/mol. The van der Waals surface area contributed by atoms with Gasteiger partial charge in [0.2, 0.25) is 17.7 Å². The summed E-state index contributed by atoms with van der Waals surface area (Å²) in [6, 6.07) is -4.87.